The maximum absolute atomic E-state index is 11.0. The Balaban J connectivity index is 2.55. The first-order chi connectivity index (χ1) is 8.13. The lowest BCUT2D eigenvalue weighted by Gasteiger charge is -2.02. The molecule has 2 aromatic heterocycles. The van der Waals surface area contributed by atoms with Crippen LogP contribution in [-0.2, 0) is 13.6 Å². The van der Waals surface area contributed by atoms with Crippen LogP contribution in [0, 0.1) is 0 Å². The molecule has 90 valence electrons. The zero-order chi connectivity index (χ0) is 12.4. The number of rotatable bonds is 4. The van der Waals surface area contributed by atoms with Gasteiger partial charge in [0.25, 0.3) is 0 Å². The third kappa shape index (κ3) is 2.02. The Morgan fingerprint density at radius 1 is 1.53 bits per heavy atom. The number of aliphatic hydroxyl groups excluding tert-OH is 1. The average Bonchev–Trinajstić information content (AvgIpc) is 2.84. The van der Waals surface area contributed by atoms with E-state index in [1.54, 1.807) is 17.9 Å². The van der Waals surface area contributed by atoms with E-state index in [9.17, 15) is 4.79 Å². The minimum atomic E-state index is -1.16. The fraction of sp³-hybridized carbons (Fsp3) is 0.333. The van der Waals surface area contributed by atoms with Gasteiger partial charge in [0.05, 0.1) is 19.3 Å². The van der Waals surface area contributed by atoms with Crippen molar-refractivity contribution >= 4 is 5.97 Å². The summed E-state index contributed by atoms with van der Waals surface area (Å²) >= 11 is 0. The van der Waals surface area contributed by atoms with Gasteiger partial charge in [0.1, 0.15) is 5.69 Å². The molecule has 0 aliphatic rings. The van der Waals surface area contributed by atoms with E-state index < -0.39 is 5.97 Å². The van der Waals surface area contributed by atoms with Gasteiger partial charge in [-0.2, -0.15) is 5.10 Å². The molecule has 0 atom stereocenters. The summed E-state index contributed by atoms with van der Waals surface area (Å²) in [6.07, 6.45) is 3.19. The summed E-state index contributed by atoms with van der Waals surface area (Å²) < 4.78 is 2.90. The monoisotopic (exact) mass is 237 g/mol. The predicted octanol–water partition coefficient (Wildman–Crippen LogP) is -0.631. The maximum Gasteiger partial charge on any atom is 0.358 e. The van der Waals surface area contributed by atoms with Gasteiger partial charge in [-0.25, -0.2) is 9.48 Å². The zero-order valence-corrected chi connectivity index (χ0v) is 9.11. The second-order valence-electron chi connectivity index (χ2n) is 3.44. The smallest absolute Gasteiger partial charge is 0.358 e. The zero-order valence-electron chi connectivity index (χ0n) is 9.11. The van der Waals surface area contributed by atoms with Gasteiger partial charge in [-0.1, -0.05) is 5.21 Å². The van der Waals surface area contributed by atoms with Crippen molar-refractivity contribution in [3.05, 3.63) is 18.1 Å². The van der Waals surface area contributed by atoms with E-state index in [1.165, 1.54) is 10.9 Å². The van der Waals surface area contributed by atoms with Crippen molar-refractivity contribution in [3.63, 3.8) is 0 Å². The molecule has 0 aromatic carbocycles. The number of hydrogen-bond donors (Lipinski definition) is 2. The van der Waals surface area contributed by atoms with Crippen molar-refractivity contribution < 1.29 is 15.0 Å². The highest BCUT2D eigenvalue weighted by atomic mass is 16.4. The van der Waals surface area contributed by atoms with Crippen LogP contribution in [0.25, 0.3) is 11.3 Å². The molecule has 2 rings (SSSR count). The highest BCUT2D eigenvalue weighted by molar-refractivity contribution is 5.92. The molecule has 17 heavy (non-hydrogen) atoms. The fourth-order valence-corrected chi connectivity index (χ4v) is 1.54. The lowest BCUT2D eigenvalue weighted by molar-refractivity contribution is 0.0691. The number of carboxylic acid groups (broad SMARTS) is 1. The third-order valence-electron chi connectivity index (χ3n) is 2.23. The van der Waals surface area contributed by atoms with Crippen molar-refractivity contribution in [1.82, 2.24) is 24.8 Å². The number of carboxylic acids is 1. The predicted molar refractivity (Wildman–Crippen MR) is 56.3 cm³/mol. The summed E-state index contributed by atoms with van der Waals surface area (Å²) in [6, 6.07) is 0. The van der Waals surface area contributed by atoms with Crippen molar-refractivity contribution in [2.75, 3.05) is 6.61 Å². The Bertz CT molecular complexity index is 545. The number of aromatic nitrogens is 5. The molecule has 0 aliphatic heterocycles. The minimum Gasteiger partial charge on any atom is -0.476 e. The molecule has 0 unspecified atom stereocenters. The summed E-state index contributed by atoms with van der Waals surface area (Å²) in [6.45, 7) is 0.0419. The van der Waals surface area contributed by atoms with E-state index in [1.807, 2.05) is 0 Å². The van der Waals surface area contributed by atoms with E-state index in [-0.39, 0.29) is 18.8 Å². The minimum absolute atomic E-state index is 0.143. The van der Waals surface area contributed by atoms with E-state index >= 15 is 0 Å². The number of aromatic carboxylic acids is 1. The normalized spacial score (nSPS) is 10.7. The highest BCUT2D eigenvalue weighted by Gasteiger charge is 2.21. The van der Waals surface area contributed by atoms with Gasteiger partial charge < -0.3 is 10.2 Å². The molecular weight excluding hydrogens is 226 g/mol. The van der Waals surface area contributed by atoms with Gasteiger partial charge >= 0.3 is 5.97 Å². The van der Waals surface area contributed by atoms with Crippen molar-refractivity contribution in [2.24, 2.45) is 7.05 Å². The number of hydrogen-bond acceptors (Lipinski definition) is 5. The van der Waals surface area contributed by atoms with E-state index in [0.717, 1.165) is 0 Å². The van der Waals surface area contributed by atoms with Gasteiger partial charge in [0.15, 0.2) is 5.69 Å². The van der Waals surface area contributed by atoms with Gasteiger partial charge in [-0.15, -0.1) is 5.10 Å². The molecule has 0 bridgehead atoms. The molecule has 2 aromatic rings. The SMILES string of the molecule is Cn1cc(-c2c(C(=O)O)nnn2CCO)cn1. The molecule has 0 saturated heterocycles. The maximum atomic E-state index is 11.0. The van der Waals surface area contributed by atoms with Crippen LogP contribution < -0.4 is 0 Å². The van der Waals surface area contributed by atoms with Crippen LogP contribution in [0.1, 0.15) is 10.5 Å². The first-order valence-corrected chi connectivity index (χ1v) is 4.90. The van der Waals surface area contributed by atoms with Crippen LogP contribution in [0.3, 0.4) is 0 Å². The number of carbonyl (C=O) groups is 1. The number of aryl methyl sites for hydroxylation is 1. The van der Waals surface area contributed by atoms with Gasteiger partial charge in [-0.3, -0.25) is 4.68 Å². The number of aliphatic hydroxyl groups is 1. The molecule has 0 radical (unpaired) electrons. The first kappa shape index (κ1) is 11.3. The van der Waals surface area contributed by atoms with Crippen LogP contribution in [0.4, 0.5) is 0 Å². The Morgan fingerprint density at radius 2 is 2.29 bits per heavy atom. The van der Waals surface area contributed by atoms with Crippen LogP contribution in [0.15, 0.2) is 12.4 Å². The first-order valence-electron chi connectivity index (χ1n) is 4.90. The molecule has 8 nitrogen and oxygen atoms in total. The van der Waals surface area contributed by atoms with Crippen LogP contribution in [0.2, 0.25) is 0 Å². The molecule has 0 fully saturated rings. The second kappa shape index (κ2) is 4.34. The molecule has 0 amide bonds. The quantitative estimate of drug-likeness (QED) is 0.733. The Morgan fingerprint density at radius 3 is 2.82 bits per heavy atom. The van der Waals surface area contributed by atoms with Gasteiger partial charge in [-0.05, 0) is 0 Å². The molecule has 2 N–H and O–H groups in total. The van der Waals surface area contributed by atoms with E-state index in [2.05, 4.69) is 15.4 Å². The summed E-state index contributed by atoms with van der Waals surface area (Å²) in [4.78, 5) is 11.0. The fourth-order valence-electron chi connectivity index (χ4n) is 1.54. The third-order valence-corrected chi connectivity index (χ3v) is 2.23. The summed E-state index contributed by atoms with van der Waals surface area (Å²) in [5.74, 6) is -1.16. The van der Waals surface area contributed by atoms with Crippen LogP contribution in [0.5, 0.6) is 0 Å². The van der Waals surface area contributed by atoms with Crippen LogP contribution in [-0.4, -0.2) is 47.6 Å². The molecule has 0 saturated carbocycles. The highest BCUT2D eigenvalue weighted by Crippen LogP contribution is 2.21. The number of nitrogens with zero attached hydrogens (tertiary/aromatic N) is 5. The van der Waals surface area contributed by atoms with Gasteiger partial charge in [0.2, 0.25) is 0 Å². The van der Waals surface area contributed by atoms with Crippen molar-refractivity contribution in [1.29, 1.82) is 0 Å². The Hall–Kier alpha value is -2.22. The largest absolute Gasteiger partial charge is 0.476 e. The summed E-state index contributed by atoms with van der Waals surface area (Å²) in [5, 5.41) is 29.2. The molecule has 8 heteroatoms. The topological polar surface area (TPSA) is 106 Å². The second-order valence-corrected chi connectivity index (χ2v) is 3.44. The van der Waals surface area contributed by atoms with E-state index in [4.69, 9.17) is 10.2 Å². The summed E-state index contributed by atoms with van der Waals surface area (Å²) in [7, 11) is 1.73. The van der Waals surface area contributed by atoms with E-state index in [0.29, 0.717) is 11.3 Å². The summed E-state index contributed by atoms with van der Waals surface area (Å²) in [5.41, 5.74) is 0.800. The Kier molecular flexibility index (Phi) is 2.88. The molecule has 0 spiro atoms. The molecule has 2 heterocycles. The standard InChI is InChI=1S/C9H11N5O3/c1-13-5-6(4-10-13)8-7(9(16)17)11-12-14(8)2-3-15/h4-5,15H,2-3H2,1H3,(H,16,17). The van der Waals surface area contributed by atoms with Crippen LogP contribution >= 0.6 is 0 Å². The van der Waals surface area contributed by atoms with Gasteiger partial charge in [0, 0.05) is 18.8 Å². The lowest BCUT2D eigenvalue weighted by atomic mass is 10.2. The lowest BCUT2D eigenvalue weighted by Crippen LogP contribution is -2.07. The van der Waals surface area contributed by atoms with Crippen molar-refractivity contribution in [3.8, 4) is 11.3 Å². The Labute approximate surface area is 96.1 Å². The van der Waals surface area contributed by atoms with Crippen molar-refractivity contribution in [2.45, 2.75) is 6.54 Å². The average molecular weight is 237 g/mol. The molecular formula is C9H11N5O3. The molecule has 0 aliphatic carbocycles.